The van der Waals surface area contributed by atoms with Crippen molar-refractivity contribution in [3.8, 4) is 0 Å². The van der Waals surface area contributed by atoms with Crippen molar-refractivity contribution in [3.63, 3.8) is 0 Å². The molecule has 0 amide bonds. The predicted molar refractivity (Wildman–Crippen MR) is 141 cm³/mol. The minimum absolute atomic E-state index is 0.240. The van der Waals surface area contributed by atoms with E-state index >= 15 is 0 Å². The molecule has 0 aromatic rings. The summed E-state index contributed by atoms with van der Waals surface area (Å²) in [5.74, 6) is 0. The molecule has 0 aromatic heterocycles. The lowest BCUT2D eigenvalue weighted by Gasteiger charge is -2.09. The summed E-state index contributed by atoms with van der Waals surface area (Å²) in [6.45, 7) is 16.2. The lowest BCUT2D eigenvalue weighted by molar-refractivity contribution is -0.0269. The fourth-order valence-electron chi connectivity index (χ4n) is 2.97. The highest BCUT2D eigenvalue weighted by Crippen LogP contribution is 2.04. The summed E-state index contributed by atoms with van der Waals surface area (Å²) in [5.41, 5.74) is 0. The van der Waals surface area contributed by atoms with Crippen LogP contribution in [0.2, 0.25) is 0 Å². The van der Waals surface area contributed by atoms with E-state index in [1.807, 2.05) is 13.8 Å². The molecule has 0 saturated carbocycles. The monoisotopic (exact) mass is 524 g/mol. The molecule has 0 aliphatic rings. The number of unbranched alkanes of at least 4 members (excludes halogenated alkanes) is 5. The Morgan fingerprint density at radius 3 is 0.944 bits per heavy atom. The highest BCUT2D eigenvalue weighted by atomic mass is 16.6. The zero-order valence-corrected chi connectivity index (χ0v) is 23.5. The lowest BCUT2D eigenvalue weighted by atomic mass is 10.1. The third kappa shape index (κ3) is 33.6. The molecule has 0 aliphatic heterocycles. The Kier molecular flexibility index (Phi) is 32.3. The molecule has 0 atom stereocenters. The van der Waals surface area contributed by atoms with Gasteiger partial charge in [0.2, 0.25) is 0 Å². The molecule has 0 saturated heterocycles. The minimum Gasteiger partial charge on any atom is -0.379 e. The van der Waals surface area contributed by atoms with Crippen LogP contribution in [0.25, 0.3) is 0 Å². The smallest absolute Gasteiger partial charge is 0.0703 e. The normalized spacial score (nSPS) is 11.7. The van der Waals surface area contributed by atoms with E-state index in [4.69, 9.17) is 42.6 Å². The van der Waals surface area contributed by atoms with Crippen LogP contribution in [-0.2, 0) is 42.6 Å². The van der Waals surface area contributed by atoms with Gasteiger partial charge in [0.1, 0.15) is 0 Å². The number of hydrogen-bond acceptors (Lipinski definition) is 9. The molecule has 0 rings (SSSR count). The van der Waals surface area contributed by atoms with Gasteiger partial charge in [0, 0.05) is 6.61 Å². The summed E-state index contributed by atoms with van der Waals surface area (Å²) >= 11 is 0. The first-order chi connectivity index (χ1) is 17.8. The van der Waals surface area contributed by atoms with E-state index in [9.17, 15) is 0 Å². The zero-order valence-electron chi connectivity index (χ0n) is 23.5. The van der Waals surface area contributed by atoms with E-state index in [-0.39, 0.29) is 6.10 Å². The second-order valence-corrected chi connectivity index (χ2v) is 8.59. The van der Waals surface area contributed by atoms with Gasteiger partial charge in [-0.15, -0.1) is 0 Å². The van der Waals surface area contributed by atoms with Gasteiger partial charge in [-0.3, -0.25) is 0 Å². The highest BCUT2D eigenvalue weighted by Gasteiger charge is 1.96. The van der Waals surface area contributed by atoms with Crippen LogP contribution in [0.4, 0.5) is 0 Å². The number of rotatable bonds is 32. The van der Waals surface area contributed by atoms with Crippen LogP contribution in [0.5, 0.6) is 0 Å². The first kappa shape index (κ1) is 35.6. The molecule has 0 bridgehead atoms. The standard InChI is InChI=1S/C27H56O9/c1-4-5-6-7-8-9-10-28-11-12-29-13-14-30-15-16-31-17-18-32-19-20-33-21-22-34-23-24-35-25-26-36-27(2)3/h27H,4-26H2,1-3H3. The third-order valence-corrected chi connectivity index (χ3v) is 4.93. The average molecular weight is 525 g/mol. The molecule has 0 unspecified atom stereocenters. The molecular formula is C27H56O9. The van der Waals surface area contributed by atoms with Crippen LogP contribution in [0, 0.1) is 0 Å². The Morgan fingerprint density at radius 1 is 0.333 bits per heavy atom. The van der Waals surface area contributed by atoms with Crippen LogP contribution in [-0.4, -0.2) is 118 Å². The molecule has 9 nitrogen and oxygen atoms in total. The topological polar surface area (TPSA) is 83.1 Å². The molecule has 0 aromatic carbocycles. The molecule has 36 heavy (non-hydrogen) atoms. The fraction of sp³-hybridized carbons (Fsp3) is 1.00. The first-order valence-electron chi connectivity index (χ1n) is 14.0. The van der Waals surface area contributed by atoms with Gasteiger partial charge >= 0.3 is 0 Å². The predicted octanol–water partition coefficient (Wildman–Crippen LogP) is 3.90. The summed E-state index contributed by atoms with van der Waals surface area (Å²) < 4.78 is 49.2. The van der Waals surface area contributed by atoms with Gasteiger partial charge in [-0.1, -0.05) is 39.0 Å². The second-order valence-electron chi connectivity index (χ2n) is 8.59. The van der Waals surface area contributed by atoms with E-state index in [1.54, 1.807) is 0 Å². The van der Waals surface area contributed by atoms with Gasteiger partial charge in [-0.2, -0.15) is 0 Å². The van der Waals surface area contributed by atoms with Crippen LogP contribution < -0.4 is 0 Å². The van der Waals surface area contributed by atoms with Crippen molar-refractivity contribution in [2.75, 3.05) is 112 Å². The zero-order chi connectivity index (χ0) is 26.2. The Labute approximate surface area is 220 Å². The van der Waals surface area contributed by atoms with Gasteiger partial charge in [-0.05, 0) is 20.3 Å². The van der Waals surface area contributed by atoms with Crippen LogP contribution in [0.3, 0.4) is 0 Å². The largest absolute Gasteiger partial charge is 0.379 e. The molecule has 0 aliphatic carbocycles. The Bertz CT molecular complexity index is 386. The summed E-state index contributed by atoms with van der Waals surface area (Å²) in [5, 5.41) is 0. The second kappa shape index (κ2) is 32.7. The van der Waals surface area contributed by atoms with Crippen molar-refractivity contribution < 1.29 is 42.6 Å². The average Bonchev–Trinajstić information content (AvgIpc) is 2.87. The quantitative estimate of drug-likeness (QED) is 0.122. The van der Waals surface area contributed by atoms with E-state index in [0.717, 1.165) is 13.0 Å². The number of ether oxygens (including phenoxy) is 9. The fourth-order valence-corrected chi connectivity index (χ4v) is 2.97. The van der Waals surface area contributed by atoms with Gasteiger partial charge < -0.3 is 42.6 Å². The first-order valence-corrected chi connectivity index (χ1v) is 14.0. The van der Waals surface area contributed by atoms with E-state index in [1.165, 1.54) is 32.1 Å². The van der Waals surface area contributed by atoms with Crippen molar-refractivity contribution in [2.45, 2.75) is 65.4 Å². The van der Waals surface area contributed by atoms with Crippen molar-refractivity contribution in [1.82, 2.24) is 0 Å². The molecular weight excluding hydrogens is 468 g/mol. The van der Waals surface area contributed by atoms with Gasteiger partial charge in [-0.25, -0.2) is 0 Å². The SMILES string of the molecule is CCCCCCCCOCCOCCOCCOCCOCCOCCOCCOCCOC(C)C. The number of hydrogen-bond donors (Lipinski definition) is 0. The minimum atomic E-state index is 0.240. The molecule has 0 fully saturated rings. The lowest BCUT2D eigenvalue weighted by Crippen LogP contribution is -2.15. The summed E-state index contributed by atoms with van der Waals surface area (Å²) in [4.78, 5) is 0. The van der Waals surface area contributed by atoms with Gasteiger partial charge in [0.05, 0.1) is 112 Å². The van der Waals surface area contributed by atoms with Gasteiger partial charge in [0.15, 0.2) is 0 Å². The molecule has 0 N–H and O–H groups in total. The Balaban J connectivity index is 3.01. The maximum Gasteiger partial charge on any atom is 0.0703 e. The molecule has 218 valence electrons. The van der Waals surface area contributed by atoms with E-state index < -0.39 is 0 Å². The third-order valence-electron chi connectivity index (χ3n) is 4.93. The van der Waals surface area contributed by atoms with Crippen molar-refractivity contribution in [3.05, 3.63) is 0 Å². The van der Waals surface area contributed by atoms with E-state index in [2.05, 4.69) is 6.92 Å². The highest BCUT2D eigenvalue weighted by molar-refractivity contribution is 4.44. The molecule has 9 heteroatoms. The van der Waals surface area contributed by atoms with Crippen LogP contribution in [0.1, 0.15) is 59.3 Å². The molecule has 0 radical (unpaired) electrons. The van der Waals surface area contributed by atoms with Gasteiger partial charge in [0.25, 0.3) is 0 Å². The maximum atomic E-state index is 5.57. The molecule has 0 spiro atoms. The summed E-state index contributed by atoms with van der Waals surface area (Å²) in [7, 11) is 0. The Morgan fingerprint density at radius 2 is 0.611 bits per heavy atom. The van der Waals surface area contributed by atoms with E-state index in [0.29, 0.717) is 106 Å². The van der Waals surface area contributed by atoms with Crippen molar-refractivity contribution in [2.24, 2.45) is 0 Å². The summed E-state index contributed by atoms with van der Waals surface area (Å²) in [6.07, 6.45) is 7.96. The summed E-state index contributed by atoms with van der Waals surface area (Å²) in [6, 6.07) is 0. The van der Waals surface area contributed by atoms with Crippen molar-refractivity contribution in [1.29, 1.82) is 0 Å². The van der Waals surface area contributed by atoms with Crippen molar-refractivity contribution >= 4 is 0 Å². The Hall–Kier alpha value is -0.360. The maximum absolute atomic E-state index is 5.57. The van der Waals surface area contributed by atoms with Crippen LogP contribution in [0.15, 0.2) is 0 Å². The van der Waals surface area contributed by atoms with Crippen LogP contribution >= 0.6 is 0 Å². The molecule has 0 heterocycles.